The molecule has 156 valence electrons. The van der Waals surface area contributed by atoms with Gasteiger partial charge in [-0.2, -0.15) is 0 Å². The van der Waals surface area contributed by atoms with Crippen LogP contribution in [-0.2, 0) is 4.79 Å². The van der Waals surface area contributed by atoms with Gasteiger partial charge in [0.2, 0.25) is 5.91 Å². The number of hydrogen-bond acceptors (Lipinski definition) is 4. The zero-order chi connectivity index (χ0) is 19.5. The van der Waals surface area contributed by atoms with Crippen molar-refractivity contribution in [1.29, 1.82) is 0 Å². The van der Waals surface area contributed by atoms with Crippen LogP contribution in [0, 0.1) is 0 Å². The number of rotatable bonds is 8. The van der Waals surface area contributed by atoms with E-state index in [9.17, 15) is 4.79 Å². The quantitative estimate of drug-likeness (QED) is 0.254. The first kappa shape index (κ1) is 24.2. The minimum absolute atomic E-state index is 0. The molecule has 0 radical (unpaired) electrons. The largest absolute Gasteiger partial charge is 0.492 e. The van der Waals surface area contributed by atoms with Gasteiger partial charge in [0.1, 0.15) is 18.9 Å². The lowest BCUT2D eigenvalue weighted by molar-refractivity contribution is -0.127. The SMILES string of the molecule is C=CCNC(=NCC(=O)N(C)C)N1CCN(CCOc2ccccc2)CC1.I. The fourth-order valence-electron chi connectivity index (χ4n) is 2.71. The average Bonchev–Trinajstić information content (AvgIpc) is 2.69. The summed E-state index contributed by atoms with van der Waals surface area (Å²) in [5, 5.41) is 3.26. The number of aliphatic imine (C=N–C) groups is 1. The molecule has 0 spiro atoms. The Bertz CT molecular complexity index is 616. The molecule has 0 saturated carbocycles. The van der Waals surface area contributed by atoms with E-state index in [-0.39, 0.29) is 36.4 Å². The van der Waals surface area contributed by atoms with Crippen LogP contribution < -0.4 is 10.1 Å². The summed E-state index contributed by atoms with van der Waals surface area (Å²) < 4.78 is 5.78. The Kier molecular flexibility index (Phi) is 11.6. The molecule has 1 fully saturated rings. The van der Waals surface area contributed by atoms with Gasteiger partial charge in [0.25, 0.3) is 0 Å². The molecule has 0 aromatic heterocycles. The third-order valence-corrected chi connectivity index (χ3v) is 4.36. The van der Waals surface area contributed by atoms with E-state index < -0.39 is 0 Å². The van der Waals surface area contributed by atoms with Crippen molar-refractivity contribution in [3.05, 3.63) is 43.0 Å². The first-order valence-electron chi connectivity index (χ1n) is 9.34. The lowest BCUT2D eigenvalue weighted by Crippen LogP contribution is -2.53. The molecular formula is C20H32IN5O2. The van der Waals surface area contributed by atoms with Crippen molar-refractivity contribution >= 4 is 35.8 Å². The van der Waals surface area contributed by atoms with Crippen LogP contribution in [0.5, 0.6) is 5.75 Å². The molecule has 1 saturated heterocycles. The summed E-state index contributed by atoms with van der Waals surface area (Å²) in [6.07, 6.45) is 1.79. The molecule has 1 aliphatic heterocycles. The standard InChI is InChI=1S/C20H31N5O2.HI/c1-4-10-21-20(22-17-19(26)23(2)3)25-13-11-24(12-14-25)15-16-27-18-8-6-5-7-9-18;/h4-9H,1,10-17H2,2-3H3,(H,21,22);1H. The Morgan fingerprint density at radius 1 is 1.25 bits per heavy atom. The molecule has 0 bridgehead atoms. The van der Waals surface area contributed by atoms with E-state index >= 15 is 0 Å². The van der Waals surface area contributed by atoms with E-state index in [2.05, 4.69) is 26.7 Å². The molecule has 1 amide bonds. The summed E-state index contributed by atoms with van der Waals surface area (Å²) in [6.45, 7) is 9.70. The number of carbonyl (C=O) groups is 1. The number of guanidine groups is 1. The molecule has 0 unspecified atom stereocenters. The molecule has 1 aliphatic rings. The topological polar surface area (TPSA) is 60.4 Å². The summed E-state index contributed by atoms with van der Waals surface area (Å²) in [5.41, 5.74) is 0. The number of para-hydroxylation sites is 1. The highest BCUT2D eigenvalue weighted by Crippen LogP contribution is 2.08. The van der Waals surface area contributed by atoms with Gasteiger partial charge in [-0.05, 0) is 12.1 Å². The second kappa shape index (κ2) is 13.4. The molecule has 8 heteroatoms. The first-order chi connectivity index (χ1) is 13.1. The normalized spacial score (nSPS) is 14.8. The van der Waals surface area contributed by atoms with E-state index in [4.69, 9.17) is 4.74 Å². The lowest BCUT2D eigenvalue weighted by atomic mass is 10.3. The van der Waals surface area contributed by atoms with E-state index in [0.717, 1.165) is 44.4 Å². The zero-order valence-electron chi connectivity index (χ0n) is 16.8. The van der Waals surface area contributed by atoms with E-state index in [1.165, 1.54) is 0 Å². The monoisotopic (exact) mass is 501 g/mol. The molecule has 28 heavy (non-hydrogen) atoms. The Balaban J connectivity index is 0.00000392. The Morgan fingerprint density at radius 2 is 1.93 bits per heavy atom. The molecule has 0 aliphatic carbocycles. The van der Waals surface area contributed by atoms with Crippen LogP contribution in [0.25, 0.3) is 0 Å². The van der Waals surface area contributed by atoms with Gasteiger partial charge in [-0.15, -0.1) is 30.6 Å². The Labute approximate surface area is 185 Å². The van der Waals surface area contributed by atoms with Gasteiger partial charge in [-0.25, -0.2) is 4.99 Å². The molecule has 1 N–H and O–H groups in total. The fourth-order valence-corrected chi connectivity index (χ4v) is 2.71. The van der Waals surface area contributed by atoms with Crippen molar-refractivity contribution in [3.63, 3.8) is 0 Å². The molecular weight excluding hydrogens is 469 g/mol. The van der Waals surface area contributed by atoms with Gasteiger partial charge in [0, 0.05) is 53.4 Å². The average molecular weight is 501 g/mol. The molecule has 2 rings (SSSR count). The van der Waals surface area contributed by atoms with Crippen LogP contribution in [0.15, 0.2) is 48.0 Å². The third-order valence-electron chi connectivity index (χ3n) is 4.36. The highest BCUT2D eigenvalue weighted by Gasteiger charge is 2.19. The smallest absolute Gasteiger partial charge is 0.243 e. The Hall–Kier alpha value is -1.81. The number of hydrogen-bond donors (Lipinski definition) is 1. The van der Waals surface area contributed by atoms with Crippen LogP contribution in [0.1, 0.15) is 0 Å². The van der Waals surface area contributed by atoms with Crippen molar-refractivity contribution in [2.45, 2.75) is 0 Å². The maximum Gasteiger partial charge on any atom is 0.243 e. The van der Waals surface area contributed by atoms with Crippen LogP contribution in [0.4, 0.5) is 0 Å². The number of ether oxygens (including phenoxy) is 1. The van der Waals surface area contributed by atoms with E-state index in [1.807, 2.05) is 30.3 Å². The molecule has 7 nitrogen and oxygen atoms in total. The second-order valence-corrected chi connectivity index (χ2v) is 6.59. The van der Waals surface area contributed by atoms with Gasteiger partial charge in [-0.1, -0.05) is 24.3 Å². The van der Waals surface area contributed by atoms with Gasteiger partial charge in [-0.3, -0.25) is 9.69 Å². The van der Waals surface area contributed by atoms with Crippen LogP contribution >= 0.6 is 24.0 Å². The molecule has 1 aromatic rings. The number of amides is 1. The first-order valence-corrected chi connectivity index (χ1v) is 9.34. The van der Waals surface area contributed by atoms with Crippen LogP contribution in [-0.4, -0.2) is 93.1 Å². The number of likely N-dealkylation sites (N-methyl/N-ethyl adjacent to an activating group) is 1. The van der Waals surface area contributed by atoms with Crippen molar-refractivity contribution in [2.24, 2.45) is 4.99 Å². The van der Waals surface area contributed by atoms with Crippen molar-refractivity contribution in [3.8, 4) is 5.75 Å². The van der Waals surface area contributed by atoms with E-state index in [1.54, 1.807) is 25.1 Å². The summed E-state index contributed by atoms with van der Waals surface area (Å²) in [5.74, 6) is 1.67. The van der Waals surface area contributed by atoms with Crippen molar-refractivity contribution < 1.29 is 9.53 Å². The number of nitrogens with zero attached hydrogens (tertiary/aromatic N) is 4. The third kappa shape index (κ3) is 8.47. The summed E-state index contributed by atoms with van der Waals surface area (Å²) in [6, 6.07) is 9.89. The number of nitrogens with one attached hydrogen (secondary N) is 1. The molecule has 1 heterocycles. The van der Waals surface area contributed by atoms with E-state index in [0.29, 0.717) is 13.2 Å². The zero-order valence-corrected chi connectivity index (χ0v) is 19.2. The number of halogens is 1. The number of benzene rings is 1. The van der Waals surface area contributed by atoms with Gasteiger partial charge >= 0.3 is 0 Å². The minimum Gasteiger partial charge on any atom is -0.492 e. The minimum atomic E-state index is -0.00963. The highest BCUT2D eigenvalue weighted by molar-refractivity contribution is 14.0. The summed E-state index contributed by atoms with van der Waals surface area (Å²) >= 11 is 0. The lowest BCUT2D eigenvalue weighted by Gasteiger charge is -2.36. The second-order valence-electron chi connectivity index (χ2n) is 6.59. The maximum absolute atomic E-state index is 11.8. The maximum atomic E-state index is 11.8. The van der Waals surface area contributed by atoms with Crippen LogP contribution in [0.3, 0.4) is 0 Å². The summed E-state index contributed by atoms with van der Waals surface area (Å²) in [4.78, 5) is 22.4. The number of piperazine rings is 1. The van der Waals surface area contributed by atoms with Gasteiger partial charge < -0.3 is 19.9 Å². The molecule has 1 aromatic carbocycles. The van der Waals surface area contributed by atoms with Crippen LogP contribution in [0.2, 0.25) is 0 Å². The molecule has 0 atom stereocenters. The highest BCUT2D eigenvalue weighted by atomic mass is 127. The fraction of sp³-hybridized carbons (Fsp3) is 0.500. The number of carbonyl (C=O) groups excluding carboxylic acids is 1. The predicted molar refractivity (Wildman–Crippen MR) is 125 cm³/mol. The van der Waals surface area contributed by atoms with Gasteiger partial charge in [0.15, 0.2) is 5.96 Å². The van der Waals surface area contributed by atoms with Gasteiger partial charge in [0.05, 0.1) is 0 Å². The summed E-state index contributed by atoms with van der Waals surface area (Å²) in [7, 11) is 3.48. The Morgan fingerprint density at radius 3 is 2.54 bits per heavy atom. The van der Waals surface area contributed by atoms with Crippen molar-refractivity contribution in [1.82, 2.24) is 20.0 Å². The van der Waals surface area contributed by atoms with Crippen molar-refractivity contribution in [2.75, 3.05) is 66.5 Å². The predicted octanol–water partition coefficient (Wildman–Crippen LogP) is 1.52.